The second kappa shape index (κ2) is 8.86. The Morgan fingerprint density at radius 1 is 1.04 bits per heavy atom. The average Bonchev–Trinajstić information content (AvgIpc) is 2.64. The number of rotatable bonds is 4. The number of hydrogen-bond acceptors (Lipinski definition) is 5. The molecule has 0 aromatic heterocycles. The van der Waals surface area contributed by atoms with Crippen molar-refractivity contribution in [2.75, 3.05) is 33.3 Å². The first-order chi connectivity index (χ1) is 13.1. The molecule has 0 atom stereocenters. The minimum atomic E-state index is -0.647. The van der Waals surface area contributed by atoms with Crippen LogP contribution in [0.1, 0.15) is 31.1 Å². The van der Waals surface area contributed by atoms with Crippen LogP contribution in [-0.2, 0) is 9.53 Å². The summed E-state index contributed by atoms with van der Waals surface area (Å²) < 4.78 is 23.8. The third-order valence-corrected chi connectivity index (χ3v) is 4.06. The van der Waals surface area contributed by atoms with Gasteiger partial charge in [-0.15, -0.1) is 0 Å². The first kappa shape index (κ1) is 21.4. The zero-order valence-electron chi connectivity index (χ0n) is 16.5. The number of halogens is 1. The van der Waals surface area contributed by atoms with Gasteiger partial charge in [0.05, 0.1) is 7.11 Å². The van der Waals surface area contributed by atoms with Crippen LogP contribution < -0.4 is 4.74 Å². The Bertz CT molecular complexity index is 777. The molecule has 1 aliphatic heterocycles. The number of ketones is 1. The van der Waals surface area contributed by atoms with Gasteiger partial charge in [0.1, 0.15) is 5.60 Å². The van der Waals surface area contributed by atoms with Crippen molar-refractivity contribution < 1.29 is 28.2 Å². The first-order valence-electron chi connectivity index (χ1n) is 8.93. The van der Waals surface area contributed by atoms with Gasteiger partial charge in [-0.2, -0.15) is 0 Å². The highest BCUT2D eigenvalue weighted by Gasteiger charge is 2.27. The third-order valence-electron chi connectivity index (χ3n) is 4.06. The summed E-state index contributed by atoms with van der Waals surface area (Å²) in [5.74, 6) is -1.43. The van der Waals surface area contributed by atoms with Crippen LogP contribution in [0.3, 0.4) is 0 Å². The van der Waals surface area contributed by atoms with Gasteiger partial charge in [0.15, 0.2) is 17.3 Å². The molecule has 0 bridgehead atoms. The quantitative estimate of drug-likeness (QED) is 0.582. The zero-order chi connectivity index (χ0) is 20.9. The van der Waals surface area contributed by atoms with Gasteiger partial charge in [0.2, 0.25) is 5.91 Å². The van der Waals surface area contributed by atoms with Crippen molar-refractivity contribution in [3.05, 3.63) is 41.7 Å². The summed E-state index contributed by atoms with van der Waals surface area (Å²) in [6.45, 7) is 6.77. The Morgan fingerprint density at radius 2 is 1.64 bits per heavy atom. The van der Waals surface area contributed by atoms with Gasteiger partial charge in [-0.25, -0.2) is 9.18 Å². The largest absolute Gasteiger partial charge is 0.494 e. The Labute approximate surface area is 163 Å². The topological polar surface area (TPSA) is 76.2 Å². The molecule has 2 rings (SSSR count). The van der Waals surface area contributed by atoms with Crippen LogP contribution in [0.4, 0.5) is 9.18 Å². The van der Waals surface area contributed by atoms with Gasteiger partial charge in [-0.3, -0.25) is 9.59 Å². The zero-order valence-corrected chi connectivity index (χ0v) is 16.5. The minimum absolute atomic E-state index is 0.0412. The van der Waals surface area contributed by atoms with Crippen molar-refractivity contribution in [1.29, 1.82) is 0 Å². The Balaban J connectivity index is 1.89. The van der Waals surface area contributed by atoms with E-state index in [9.17, 15) is 18.8 Å². The number of methoxy groups -OCH3 is 1. The highest BCUT2D eigenvalue weighted by Crippen LogP contribution is 2.18. The second-order valence-corrected chi connectivity index (χ2v) is 7.34. The van der Waals surface area contributed by atoms with Crippen LogP contribution in [-0.4, -0.2) is 66.5 Å². The maximum atomic E-state index is 13.7. The fraction of sp³-hybridized carbons (Fsp3) is 0.450. The molecule has 1 heterocycles. The highest BCUT2D eigenvalue weighted by molar-refractivity contribution is 6.07. The number of piperazine rings is 1. The number of carbonyl (C=O) groups excluding carboxylic acids is 3. The lowest BCUT2D eigenvalue weighted by Gasteiger charge is -2.35. The van der Waals surface area contributed by atoms with Crippen LogP contribution in [0, 0.1) is 5.82 Å². The van der Waals surface area contributed by atoms with Crippen LogP contribution in [0.2, 0.25) is 0 Å². The Morgan fingerprint density at radius 3 is 2.18 bits per heavy atom. The summed E-state index contributed by atoms with van der Waals surface area (Å²) in [5.41, 5.74) is -0.453. The molecule has 1 fully saturated rings. The van der Waals surface area contributed by atoms with Crippen LogP contribution >= 0.6 is 0 Å². The molecule has 1 saturated heterocycles. The van der Waals surface area contributed by atoms with E-state index < -0.39 is 23.3 Å². The lowest BCUT2D eigenvalue weighted by Crippen LogP contribution is -2.51. The van der Waals surface area contributed by atoms with Gasteiger partial charge in [-0.05, 0) is 45.0 Å². The normalized spacial score (nSPS) is 14.9. The molecule has 7 nitrogen and oxygen atoms in total. The predicted molar refractivity (Wildman–Crippen MR) is 101 cm³/mol. The smallest absolute Gasteiger partial charge is 0.410 e. The van der Waals surface area contributed by atoms with Gasteiger partial charge >= 0.3 is 6.09 Å². The summed E-state index contributed by atoms with van der Waals surface area (Å²) >= 11 is 0. The van der Waals surface area contributed by atoms with E-state index >= 15 is 0 Å². The van der Waals surface area contributed by atoms with Crippen molar-refractivity contribution in [2.45, 2.75) is 26.4 Å². The summed E-state index contributed by atoms with van der Waals surface area (Å²) in [7, 11) is 1.33. The van der Waals surface area contributed by atoms with Gasteiger partial charge in [0, 0.05) is 37.8 Å². The second-order valence-electron chi connectivity index (χ2n) is 7.34. The van der Waals surface area contributed by atoms with Crippen molar-refractivity contribution in [3.8, 4) is 5.75 Å². The fourth-order valence-corrected chi connectivity index (χ4v) is 2.60. The van der Waals surface area contributed by atoms with E-state index in [1.807, 2.05) is 0 Å². The number of carbonyl (C=O) groups is 3. The molecule has 0 spiro atoms. The maximum Gasteiger partial charge on any atom is 0.410 e. The first-order valence-corrected chi connectivity index (χ1v) is 8.93. The lowest BCUT2D eigenvalue weighted by molar-refractivity contribution is -0.127. The Kier molecular flexibility index (Phi) is 6.77. The summed E-state index contributed by atoms with van der Waals surface area (Å²) in [5, 5.41) is 0. The predicted octanol–water partition coefficient (Wildman–Crippen LogP) is 2.65. The minimum Gasteiger partial charge on any atom is -0.494 e. The maximum absolute atomic E-state index is 13.7. The summed E-state index contributed by atoms with van der Waals surface area (Å²) in [6.07, 6.45) is 1.86. The van der Waals surface area contributed by atoms with Crippen molar-refractivity contribution in [3.63, 3.8) is 0 Å². The molecule has 0 unspecified atom stereocenters. The highest BCUT2D eigenvalue weighted by atomic mass is 19.1. The van der Waals surface area contributed by atoms with Crippen molar-refractivity contribution >= 4 is 17.8 Å². The molecule has 0 N–H and O–H groups in total. The lowest BCUT2D eigenvalue weighted by atomic mass is 10.1. The van der Waals surface area contributed by atoms with Crippen LogP contribution in [0.5, 0.6) is 5.75 Å². The van der Waals surface area contributed by atoms with E-state index in [2.05, 4.69) is 0 Å². The molecular formula is C20H25FN2O5. The number of ether oxygens (including phenoxy) is 2. The van der Waals surface area contributed by atoms with E-state index in [-0.39, 0.29) is 17.2 Å². The van der Waals surface area contributed by atoms with E-state index in [0.717, 1.165) is 18.2 Å². The number of hydrogen-bond donors (Lipinski definition) is 0. The SMILES string of the molecule is COc1ccc(C(=O)/C=C/C(=O)N2CCN(C(=O)OC(C)(C)C)CC2)cc1F. The molecule has 152 valence electrons. The molecule has 8 heteroatoms. The third kappa shape index (κ3) is 5.80. The summed E-state index contributed by atoms with van der Waals surface area (Å²) in [4.78, 5) is 39.5. The Hall–Kier alpha value is -2.90. The van der Waals surface area contributed by atoms with Crippen molar-refractivity contribution in [2.24, 2.45) is 0 Å². The van der Waals surface area contributed by atoms with Crippen molar-refractivity contribution in [1.82, 2.24) is 9.80 Å². The van der Waals surface area contributed by atoms with Crippen LogP contribution in [0.15, 0.2) is 30.4 Å². The molecule has 2 amide bonds. The molecule has 0 radical (unpaired) electrons. The van der Waals surface area contributed by atoms with Gasteiger partial charge in [0.25, 0.3) is 0 Å². The van der Waals surface area contributed by atoms with Gasteiger partial charge < -0.3 is 19.3 Å². The molecule has 0 saturated carbocycles. The number of allylic oxidation sites excluding steroid dienone is 1. The van der Waals surface area contributed by atoms with E-state index in [1.165, 1.54) is 19.2 Å². The number of nitrogens with zero attached hydrogens (tertiary/aromatic N) is 2. The molecular weight excluding hydrogens is 367 g/mol. The molecule has 1 aromatic carbocycles. The standard InChI is InChI=1S/C20H25FN2O5/c1-20(2,3)28-19(26)23-11-9-22(10-12-23)18(25)8-6-16(24)14-5-7-17(27-4)15(21)13-14/h5-8,13H,9-12H2,1-4H3/b8-6+. The van der Waals surface area contributed by atoms with Gasteiger partial charge in [-0.1, -0.05) is 0 Å². The van der Waals surface area contributed by atoms with E-state index in [1.54, 1.807) is 30.6 Å². The van der Waals surface area contributed by atoms with Crippen LogP contribution in [0.25, 0.3) is 0 Å². The monoisotopic (exact) mass is 392 g/mol. The fourth-order valence-electron chi connectivity index (χ4n) is 2.60. The number of amides is 2. The van der Waals surface area contributed by atoms with E-state index in [0.29, 0.717) is 26.2 Å². The average molecular weight is 392 g/mol. The molecule has 1 aromatic rings. The molecule has 1 aliphatic rings. The molecule has 28 heavy (non-hydrogen) atoms. The molecule has 0 aliphatic carbocycles. The van der Waals surface area contributed by atoms with E-state index in [4.69, 9.17) is 9.47 Å². The number of benzene rings is 1. The summed E-state index contributed by atoms with van der Waals surface area (Å²) in [6, 6.07) is 3.85.